The minimum atomic E-state index is -0.744. The van der Waals surface area contributed by atoms with Gasteiger partial charge in [-0.2, -0.15) is 0 Å². The van der Waals surface area contributed by atoms with Gasteiger partial charge in [0.25, 0.3) is 5.91 Å². The maximum absolute atomic E-state index is 12.4. The van der Waals surface area contributed by atoms with Crippen molar-refractivity contribution in [3.05, 3.63) is 16.3 Å². The van der Waals surface area contributed by atoms with Crippen LogP contribution >= 0.6 is 11.3 Å². The van der Waals surface area contributed by atoms with Crippen molar-refractivity contribution in [2.24, 2.45) is 5.92 Å². The van der Waals surface area contributed by atoms with E-state index in [1.807, 2.05) is 10.3 Å². The summed E-state index contributed by atoms with van der Waals surface area (Å²) in [5.41, 5.74) is 0. The third-order valence-corrected chi connectivity index (χ3v) is 4.60. The number of likely N-dealkylation sites (tertiary alicyclic amines) is 1. The van der Waals surface area contributed by atoms with Gasteiger partial charge in [-0.3, -0.25) is 9.59 Å². The molecule has 1 N–H and O–H groups in total. The van der Waals surface area contributed by atoms with Gasteiger partial charge >= 0.3 is 5.97 Å². The zero-order valence-electron chi connectivity index (χ0n) is 11.5. The average Bonchev–Trinajstić information content (AvgIpc) is 2.93. The quantitative estimate of drug-likeness (QED) is 0.906. The minimum absolute atomic E-state index is 0.0218. The molecule has 0 unspecified atom stereocenters. The Balaban J connectivity index is 1.87. The Kier molecular flexibility index (Phi) is 5.00. The van der Waals surface area contributed by atoms with Crippen molar-refractivity contribution in [2.75, 3.05) is 20.2 Å². The van der Waals surface area contributed by atoms with E-state index in [0.717, 1.165) is 12.8 Å². The molecule has 0 atom stereocenters. The number of amides is 1. The fraction of sp³-hybridized carbons (Fsp3) is 0.571. The van der Waals surface area contributed by atoms with Crippen LogP contribution in [-0.4, -0.2) is 42.1 Å². The number of nitrogens with zero attached hydrogens (tertiary/aromatic N) is 1. The summed E-state index contributed by atoms with van der Waals surface area (Å²) in [6, 6.07) is 1.80. The fourth-order valence-corrected chi connectivity index (χ4v) is 3.34. The van der Waals surface area contributed by atoms with E-state index >= 15 is 0 Å². The van der Waals surface area contributed by atoms with Crippen LogP contribution < -0.4 is 4.74 Å². The van der Waals surface area contributed by atoms with Gasteiger partial charge in [0.05, 0.1) is 7.11 Å². The Bertz CT molecular complexity index is 477. The number of carbonyl (C=O) groups excluding carboxylic acids is 1. The van der Waals surface area contributed by atoms with Gasteiger partial charge in [-0.25, -0.2) is 0 Å². The summed E-state index contributed by atoms with van der Waals surface area (Å²) in [4.78, 5) is 25.4. The van der Waals surface area contributed by atoms with E-state index in [-0.39, 0.29) is 12.3 Å². The van der Waals surface area contributed by atoms with Crippen molar-refractivity contribution in [3.63, 3.8) is 0 Å². The molecule has 1 aliphatic rings. The SMILES string of the molecule is COc1ccsc1C(=O)N1CCC(CCC(=O)O)CC1. The second-order valence-corrected chi connectivity index (χ2v) is 5.90. The number of rotatable bonds is 5. The maximum Gasteiger partial charge on any atom is 0.303 e. The number of hydrogen-bond acceptors (Lipinski definition) is 4. The van der Waals surface area contributed by atoms with E-state index in [0.29, 0.717) is 36.1 Å². The average molecular weight is 297 g/mol. The molecule has 20 heavy (non-hydrogen) atoms. The first-order valence-electron chi connectivity index (χ1n) is 6.74. The number of methoxy groups -OCH3 is 1. The third kappa shape index (κ3) is 3.50. The van der Waals surface area contributed by atoms with E-state index < -0.39 is 5.97 Å². The second-order valence-electron chi connectivity index (χ2n) is 4.99. The summed E-state index contributed by atoms with van der Waals surface area (Å²) in [5, 5.41) is 10.5. The molecule has 1 aliphatic heterocycles. The summed E-state index contributed by atoms with van der Waals surface area (Å²) in [7, 11) is 1.57. The second kappa shape index (κ2) is 6.74. The summed E-state index contributed by atoms with van der Waals surface area (Å²) < 4.78 is 5.18. The molecule has 0 saturated carbocycles. The van der Waals surface area contributed by atoms with Gasteiger partial charge in [0.1, 0.15) is 10.6 Å². The van der Waals surface area contributed by atoms with E-state index in [1.165, 1.54) is 11.3 Å². The molecule has 110 valence electrons. The Morgan fingerprint density at radius 1 is 1.45 bits per heavy atom. The lowest BCUT2D eigenvalue weighted by Gasteiger charge is -2.31. The monoisotopic (exact) mass is 297 g/mol. The lowest BCUT2D eigenvalue weighted by molar-refractivity contribution is -0.137. The Morgan fingerprint density at radius 2 is 2.15 bits per heavy atom. The third-order valence-electron chi connectivity index (χ3n) is 3.71. The number of carboxylic acid groups (broad SMARTS) is 1. The molecule has 0 spiro atoms. The van der Waals surface area contributed by atoms with E-state index in [4.69, 9.17) is 9.84 Å². The number of ether oxygens (including phenoxy) is 1. The molecule has 5 nitrogen and oxygen atoms in total. The summed E-state index contributed by atoms with van der Waals surface area (Å²) in [5.74, 6) is 0.328. The molecule has 0 bridgehead atoms. The molecule has 2 heterocycles. The lowest BCUT2D eigenvalue weighted by Crippen LogP contribution is -2.38. The largest absolute Gasteiger partial charge is 0.495 e. The number of hydrogen-bond donors (Lipinski definition) is 1. The van der Waals surface area contributed by atoms with Crippen LogP contribution in [0.25, 0.3) is 0 Å². The number of thiophene rings is 1. The van der Waals surface area contributed by atoms with Crippen molar-refractivity contribution in [3.8, 4) is 5.75 Å². The zero-order chi connectivity index (χ0) is 14.5. The van der Waals surface area contributed by atoms with Crippen LogP contribution in [0.4, 0.5) is 0 Å². The normalized spacial score (nSPS) is 16.1. The molecular formula is C14H19NO4S. The molecule has 0 aromatic carbocycles. The highest BCUT2D eigenvalue weighted by molar-refractivity contribution is 7.12. The number of carboxylic acids is 1. The minimum Gasteiger partial charge on any atom is -0.495 e. The molecule has 1 fully saturated rings. The summed E-state index contributed by atoms with van der Waals surface area (Å²) >= 11 is 1.40. The number of carbonyl (C=O) groups is 2. The van der Waals surface area contributed by atoms with Gasteiger partial charge in [-0.15, -0.1) is 11.3 Å². The Labute approximate surface area is 122 Å². The Morgan fingerprint density at radius 3 is 2.75 bits per heavy atom. The standard InChI is InChI=1S/C14H19NO4S/c1-19-11-6-9-20-13(11)14(18)15-7-4-10(5-8-15)2-3-12(16)17/h6,9-10H,2-5,7-8H2,1H3,(H,16,17). The van der Waals surface area contributed by atoms with Crippen LogP contribution in [-0.2, 0) is 4.79 Å². The van der Waals surface area contributed by atoms with Gasteiger partial charge in [0.2, 0.25) is 0 Å². The molecular weight excluding hydrogens is 278 g/mol. The van der Waals surface area contributed by atoms with Gasteiger partial charge in [0, 0.05) is 19.5 Å². The van der Waals surface area contributed by atoms with Crippen LogP contribution in [0.1, 0.15) is 35.4 Å². The lowest BCUT2D eigenvalue weighted by atomic mass is 9.92. The van der Waals surface area contributed by atoms with Gasteiger partial charge in [-0.1, -0.05) is 0 Å². The highest BCUT2D eigenvalue weighted by atomic mass is 32.1. The smallest absolute Gasteiger partial charge is 0.303 e. The van der Waals surface area contributed by atoms with Crippen molar-refractivity contribution in [1.29, 1.82) is 0 Å². The molecule has 2 rings (SSSR count). The Hall–Kier alpha value is -1.56. The van der Waals surface area contributed by atoms with Crippen LogP contribution in [0.2, 0.25) is 0 Å². The predicted octanol–water partition coefficient (Wildman–Crippen LogP) is 2.47. The van der Waals surface area contributed by atoms with Crippen molar-refractivity contribution < 1.29 is 19.4 Å². The summed E-state index contributed by atoms with van der Waals surface area (Å²) in [6.07, 6.45) is 2.69. The van der Waals surface area contributed by atoms with Gasteiger partial charge < -0.3 is 14.7 Å². The first-order chi connectivity index (χ1) is 9.61. The highest BCUT2D eigenvalue weighted by Gasteiger charge is 2.26. The van der Waals surface area contributed by atoms with Gasteiger partial charge in [-0.05, 0) is 36.6 Å². The van der Waals surface area contributed by atoms with E-state index in [9.17, 15) is 9.59 Å². The zero-order valence-corrected chi connectivity index (χ0v) is 12.3. The van der Waals surface area contributed by atoms with Gasteiger partial charge in [0.15, 0.2) is 0 Å². The van der Waals surface area contributed by atoms with Crippen molar-refractivity contribution in [2.45, 2.75) is 25.7 Å². The van der Waals surface area contributed by atoms with Crippen LogP contribution in [0, 0.1) is 5.92 Å². The predicted molar refractivity (Wildman–Crippen MR) is 76.4 cm³/mol. The molecule has 1 saturated heterocycles. The molecule has 6 heteroatoms. The molecule has 1 amide bonds. The first kappa shape index (κ1) is 14.8. The topological polar surface area (TPSA) is 66.8 Å². The molecule has 0 aliphatic carbocycles. The van der Waals surface area contributed by atoms with Crippen LogP contribution in [0.15, 0.2) is 11.4 Å². The van der Waals surface area contributed by atoms with Crippen molar-refractivity contribution in [1.82, 2.24) is 4.90 Å². The number of piperidine rings is 1. The van der Waals surface area contributed by atoms with E-state index in [1.54, 1.807) is 13.2 Å². The summed E-state index contributed by atoms with van der Waals surface area (Å²) in [6.45, 7) is 1.40. The molecule has 1 aromatic heterocycles. The number of aliphatic carboxylic acids is 1. The maximum atomic E-state index is 12.4. The first-order valence-corrected chi connectivity index (χ1v) is 7.62. The molecule has 0 radical (unpaired) electrons. The van der Waals surface area contributed by atoms with E-state index in [2.05, 4.69) is 0 Å². The fourth-order valence-electron chi connectivity index (χ4n) is 2.51. The van der Waals surface area contributed by atoms with Crippen LogP contribution in [0.5, 0.6) is 5.75 Å². The van der Waals surface area contributed by atoms with Crippen molar-refractivity contribution >= 4 is 23.2 Å². The van der Waals surface area contributed by atoms with Crippen LogP contribution in [0.3, 0.4) is 0 Å². The highest BCUT2D eigenvalue weighted by Crippen LogP contribution is 2.28. The molecule has 1 aromatic rings.